The molecule has 0 aliphatic carbocycles. The molecule has 1 saturated heterocycles. The Balaban J connectivity index is 2.69. The minimum Gasteiger partial charge on any atom is -0.445 e. The fourth-order valence-corrected chi connectivity index (χ4v) is 1.43. The molecule has 1 aliphatic rings. The normalized spacial score (nSPS) is 38.9. The molecule has 0 radical (unpaired) electrons. The maximum atomic E-state index is 9.55. The van der Waals surface area contributed by atoms with Crippen molar-refractivity contribution in [3.63, 3.8) is 0 Å². The smallest absolute Gasteiger partial charge is 0.265 e. The van der Waals surface area contributed by atoms with Crippen molar-refractivity contribution >= 4 is 40.7 Å². The Kier molecular flexibility index (Phi) is 4.88. The van der Waals surface area contributed by atoms with Crippen LogP contribution in [0.15, 0.2) is 0 Å². The van der Waals surface area contributed by atoms with E-state index in [2.05, 4.69) is 0 Å². The first-order valence-electron chi connectivity index (χ1n) is 4.66. The van der Waals surface area contributed by atoms with E-state index in [-0.39, 0.29) is 0 Å². The molecule has 9 heteroatoms. The average molecular weight is 309 g/mol. The first-order valence-corrected chi connectivity index (χ1v) is 5.80. The quantitative estimate of drug-likeness (QED) is 0.314. The van der Waals surface area contributed by atoms with E-state index in [1.165, 1.54) is 6.92 Å². The molecule has 1 rings (SSSR count). The molecule has 0 saturated carbocycles. The van der Waals surface area contributed by atoms with E-state index in [4.69, 9.17) is 49.7 Å². The number of alkyl halides is 3. The minimum absolute atomic E-state index is 0.748. The van der Waals surface area contributed by atoms with Gasteiger partial charge < -0.3 is 24.8 Å². The largest absolute Gasteiger partial charge is 0.445 e. The van der Waals surface area contributed by atoms with Crippen LogP contribution in [-0.2, 0) is 9.47 Å². The number of hydrogen-bond acceptors (Lipinski definition) is 6. The van der Waals surface area contributed by atoms with Gasteiger partial charge in [-0.2, -0.15) is 0 Å². The van der Waals surface area contributed by atoms with Gasteiger partial charge in [0.2, 0.25) is 12.2 Å². The van der Waals surface area contributed by atoms with Gasteiger partial charge in [-0.25, -0.2) is 0 Å². The van der Waals surface area contributed by atoms with Gasteiger partial charge in [-0.3, -0.25) is 5.41 Å². The molecule has 17 heavy (non-hydrogen) atoms. The monoisotopic (exact) mass is 307 g/mol. The maximum absolute atomic E-state index is 9.55. The minimum atomic E-state index is -2.09. The fourth-order valence-electron chi connectivity index (χ4n) is 1.29. The van der Waals surface area contributed by atoms with Crippen LogP contribution in [0.1, 0.15) is 6.92 Å². The Hall–Kier alpha value is 0.180. The lowest BCUT2D eigenvalue weighted by Gasteiger charge is -2.39. The van der Waals surface area contributed by atoms with Gasteiger partial charge in [-0.05, 0) is 6.92 Å². The number of aliphatic hydroxyl groups is 3. The number of halogens is 3. The van der Waals surface area contributed by atoms with Crippen molar-refractivity contribution in [3.05, 3.63) is 0 Å². The summed E-state index contributed by atoms with van der Waals surface area (Å²) >= 11 is 16.2. The van der Waals surface area contributed by atoms with Crippen LogP contribution in [0.2, 0.25) is 0 Å². The molecule has 1 heterocycles. The molecule has 1 aliphatic heterocycles. The van der Waals surface area contributed by atoms with Crippen molar-refractivity contribution in [1.82, 2.24) is 0 Å². The molecule has 6 nitrogen and oxygen atoms in total. The van der Waals surface area contributed by atoms with E-state index in [1.54, 1.807) is 0 Å². The van der Waals surface area contributed by atoms with Crippen LogP contribution in [-0.4, -0.2) is 55.7 Å². The summed E-state index contributed by atoms with van der Waals surface area (Å²) in [6.45, 7) is 1.47. The van der Waals surface area contributed by atoms with Crippen LogP contribution in [0, 0.1) is 5.41 Å². The molecule has 0 bridgehead atoms. The number of rotatable bonds is 1. The third-order valence-corrected chi connectivity index (χ3v) is 2.81. The van der Waals surface area contributed by atoms with Gasteiger partial charge in [0.25, 0.3) is 3.79 Å². The van der Waals surface area contributed by atoms with E-state index in [0.717, 1.165) is 0 Å². The lowest BCUT2D eigenvalue weighted by Crippen LogP contribution is -2.58. The predicted octanol–water partition coefficient (Wildman–Crippen LogP) is 0.178. The van der Waals surface area contributed by atoms with Crippen molar-refractivity contribution in [2.75, 3.05) is 0 Å². The molecule has 0 amide bonds. The van der Waals surface area contributed by atoms with Gasteiger partial charge in [-0.15, -0.1) is 0 Å². The van der Waals surface area contributed by atoms with Crippen molar-refractivity contribution in [1.29, 1.82) is 5.41 Å². The second kappa shape index (κ2) is 5.44. The fraction of sp³-hybridized carbons (Fsp3) is 0.875. The van der Waals surface area contributed by atoms with Crippen molar-refractivity contribution in [2.45, 2.75) is 41.4 Å². The lowest BCUT2D eigenvalue weighted by molar-refractivity contribution is -0.272. The van der Waals surface area contributed by atoms with E-state index < -0.39 is 40.4 Å². The molecule has 100 valence electrons. The number of nitrogens with one attached hydrogen (secondary N) is 1. The molecule has 0 spiro atoms. The van der Waals surface area contributed by atoms with Crippen LogP contribution in [0.25, 0.3) is 0 Å². The second-order valence-corrected chi connectivity index (χ2v) is 5.91. The van der Waals surface area contributed by atoms with Crippen molar-refractivity contribution in [2.24, 2.45) is 0 Å². The number of hydrogen-bond donors (Lipinski definition) is 4. The van der Waals surface area contributed by atoms with Gasteiger partial charge in [0.1, 0.15) is 18.3 Å². The van der Waals surface area contributed by atoms with Crippen molar-refractivity contribution in [3.8, 4) is 0 Å². The molecule has 0 aromatic carbocycles. The molecular weight excluding hydrogens is 296 g/mol. The van der Waals surface area contributed by atoms with Crippen LogP contribution in [0.4, 0.5) is 0 Å². The van der Waals surface area contributed by atoms with Gasteiger partial charge in [-0.1, -0.05) is 34.8 Å². The zero-order valence-electron chi connectivity index (χ0n) is 8.68. The predicted molar refractivity (Wildman–Crippen MR) is 61.5 cm³/mol. The summed E-state index contributed by atoms with van der Waals surface area (Å²) in [6, 6.07) is 0. The summed E-state index contributed by atoms with van der Waals surface area (Å²) in [5.41, 5.74) is 0. The van der Waals surface area contributed by atoms with Crippen LogP contribution >= 0.6 is 34.8 Å². The number of aliphatic hydroxyl groups excluding tert-OH is 3. The summed E-state index contributed by atoms with van der Waals surface area (Å²) < 4.78 is 7.76. The molecule has 4 N–H and O–H groups in total. The van der Waals surface area contributed by atoms with E-state index >= 15 is 0 Å². The van der Waals surface area contributed by atoms with Gasteiger partial charge in [0.15, 0.2) is 0 Å². The van der Waals surface area contributed by atoms with E-state index in [0.29, 0.717) is 0 Å². The first-order chi connectivity index (χ1) is 7.64. The molecule has 0 aromatic rings. The Morgan fingerprint density at radius 2 is 1.71 bits per heavy atom. The Morgan fingerprint density at radius 3 is 2.18 bits per heavy atom. The summed E-state index contributed by atoms with van der Waals surface area (Å²) in [6.07, 6.45) is -6.44. The molecule has 5 unspecified atom stereocenters. The molecule has 1 fully saturated rings. The van der Waals surface area contributed by atoms with Crippen molar-refractivity contribution < 1.29 is 24.8 Å². The second-order valence-electron chi connectivity index (χ2n) is 3.63. The Morgan fingerprint density at radius 1 is 1.18 bits per heavy atom. The Bertz CT molecular complexity index is 297. The number of ether oxygens (including phenoxy) is 2. The standard InChI is InChI=1S/C8H12Cl3NO5/c1-2-3(13)4(14)5(15)6(16-2)17-7(12)8(9,10)11/h2-6,12-15H,1H3. The lowest BCUT2D eigenvalue weighted by atomic mass is 10.0. The highest BCUT2D eigenvalue weighted by Crippen LogP contribution is 2.30. The summed E-state index contributed by atoms with van der Waals surface area (Å²) in [5.74, 6) is -0.748. The highest BCUT2D eigenvalue weighted by Gasteiger charge is 2.44. The van der Waals surface area contributed by atoms with Gasteiger partial charge >= 0.3 is 0 Å². The Labute approximate surface area is 112 Å². The van der Waals surface area contributed by atoms with Crippen LogP contribution in [0.5, 0.6) is 0 Å². The van der Waals surface area contributed by atoms with Crippen LogP contribution < -0.4 is 0 Å². The highest BCUT2D eigenvalue weighted by molar-refractivity contribution is 6.76. The van der Waals surface area contributed by atoms with Gasteiger partial charge in [0, 0.05) is 0 Å². The third kappa shape index (κ3) is 3.57. The molecule has 0 aromatic heterocycles. The maximum Gasteiger partial charge on any atom is 0.265 e. The summed E-state index contributed by atoms with van der Waals surface area (Å²) in [4.78, 5) is 0. The zero-order chi connectivity index (χ0) is 13.4. The molecular formula is C8H12Cl3NO5. The average Bonchev–Trinajstić information content (AvgIpc) is 2.21. The van der Waals surface area contributed by atoms with E-state index in [9.17, 15) is 15.3 Å². The SMILES string of the molecule is CC1OC(OC(=N)C(Cl)(Cl)Cl)C(O)C(O)C1O. The summed E-state index contributed by atoms with van der Waals surface area (Å²) in [7, 11) is 0. The van der Waals surface area contributed by atoms with Gasteiger partial charge in [0.05, 0.1) is 6.10 Å². The van der Waals surface area contributed by atoms with Crippen LogP contribution in [0.3, 0.4) is 0 Å². The highest BCUT2D eigenvalue weighted by atomic mass is 35.6. The third-order valence-electron chi connectivity index (χ3n) is 2.30. The molecule has 5 atom stereocenters. The topological polar surface area (TPSA) is 103 Å². The first kappa shape index (κ1) is 15.2. The summed E-state index contributed by atoms with van der Waals surface area (Å²) in [5, 5.41) is 35.7. The zero-order valence-corrected chi connectivity index (χ0v) is 10.9. The van der Waals surface area contributed by atoms with E-state index in [1.807, 2.05) is 0 Å².